The first kappa shape index (κ1) is 11.9. The van der Waals surface area contributed by atoms with Crippen LogP contribution < -0.4 is 0 Å². The number of allylic oxidation sites excluding steroid dienone is 1. The summed E-state index contributed by atoms with van der Waals surface area (Å²) in [4.78, 5) is 10.6. The second-order valence-corrected chi connectivity index (χ2v) is 4.39. The third kappa shape index (κ3) is 5.27. The summed E-state index contributed by atoms with van der Waals surface area (Å²) in [6.45, 7) is 1.58. The van der Waals surface area contributed by atoms with Crippen LogP contribution in [-0.4, -0.2) is 16.0 Å². The van der Waals surface area contributed by atoms with Crippen LogP contribution in [0.15, 0.2) is 30.3 Å². The van der Waals surface area contributed by atoms with Gasteiger partial charge >= 0.3 is 0 Å². The molecule has 0 radical (unpaired) electrons. The van der Waals surface area contributed by atoms with E-state index in [0.717, 1.165) is 17.7 Å². The molecule has 0 spiro atoms. The summed E-state index contributed by atoms with van der Waals surface area (Å²) in [5.74, 6) is 1.10. The van der Waals surface area contributed by atoms with E-state index in [1.54, 1.807) is 19.1 Å². The van der Waals surface area contributed by atoms with Gasteiger partial charge in [-0.1, -0.05) is 36.0 Å². The molecular formula is C12H14O2S. The van der Waals surface area contributed by atoms with Gasteiger partial charge in [-0.05, 0) is 24.1 Å². The van der Waals surface area contributed by atoms with Crippen molar-refractivity contribution >= 4 is 23.0 Å². The average Bonchev–Trinajstić information content (AvgIpc) is 2.20. The first-order chi connectivity index (χ1) is 7.18. The lowest BCUT2D eigenvalue weighted by molar-refractivity contribution is -0.109. The minimum Gasteiger partial charge on any atom is -0.508 e. The minimum atomic E-state index is 0.160. The van der Waals surface area contributed by atoms with E-state index >= 15 is 0 Å². The summed E-state index contributed by atoms with van der Waals surface area (Å²) in [7, 11) is 0. The molecule has 0 fully saturated rings. The summed E-state index contributed by atoms with van der Waals surface area (Å²) in [6, 6.07) is 7.02. The molecule has 1 aromatic rings. The molecule has 0 saturated carbocycles. The molecule has 3 heteroatoms. The van der Waals surface area contributed by atoms with Crippen LogP contribution in [0.25, 0.3) is 6.08 Å². The average molecular weight is 222 g/mol. The molecule has 0 aliphatic carbocycles. The lowest BCUT2D eigenvalue weighted by Gasteiger charge is -1.94. The smallest absolute Gasteiger partial charge is 0.185 e. The molecule has 1 rings (SSSR count). The highest BCUT2D eigenvalue weighted by atomic mass is 32.2. The summed E-state index contributed by atoms with van der Waals surface area (Å²) in [5.41, 5.74) is 1.06. The molecule has 0 aliphatic heterocycles. The van der Waals surface area contributed by atoms with Gasteiger partial charge in [0.15, 0.2) is 5.12 Å². The van der Waals surface area contributed by atoms with E-state index in [1.807, 2.05) is 24.3 Å². The van der Waals surface area contributed by atoms with Crippen LogP contribution >= 0.6 is 11.8 Å². The monoisotopic (exact) mass is 222 g/mol. The Balaban J connectivity index is 2.32. The van der Waals surface area contributed by atoms with Crippen LogP contribution in [0, 0.1) is 0 Å². The van der Waals surface area contributed by atoms with Crippen LogP contribution in [-0.2, 0) is 4.79 Å². The number of hydrogen-bond acceptors (Lipinski definition) is 3. The molecule has 0 amide bonds. The Morgan fingerprint density at radius 2 is 2.07 bits per heavy atom. The molecule has 0 saturated heterocycles. The molecular weight excluding hydrogens is 208 g/mol. The van der Waals surface area contributed by atoms with Gasteiger partial charge in [0.1, 0.15) is 5.75 Å². The van der Waals surface area contributed by atoms with Crippen LogP contribution in [0.5, 0.6) is 5.75 Å². The number of hydrogen-bond donors (Lipinski definition) is 1. The Hall–Kier alpha value is -1.22. The number of phenolic OH excluding ortho intramolecular Hbond substituents is 1. The zero-order chi connectivity index (χ0) is 11.1. The number of rotatable bonds is 4. The van der Waals surface area contributed by atoms with Crippen molar-refractivity contribution in [1.29, 1.82) is 0 Å². The molecule has 80 valence electrons. The van der Waals surface area contributed by atoms with E-state index in [4.69, 9.17) is 5.11 Å². The standard InChI is InChI=1S/C12H14O2S/c1-10(13)15-9-3-2-4-11-5-7-12(14)8-6-11/h2,4-8,14H,3,9H2,1H3. The summed E-state index contributed by atoms with van der Waals surface area (Å²) in [5, 5.41) is 9.22. The normalized spacial score (nSPS) is 10.7. The van der Waals surface area contributed by atoms with Crippen molar-refractivity contribution in [2.45, 2.75) is 13.3 Å². The molecule has 1 N–H and O–H groups in total. The maximum Gasteiger partial charge on any atom is 0.185 e. The summed E-state index contributed by atoms with van der Waals surface area (Å²) >= 11 is 1.34. The van der Waals surface area contributed by atoms with Gasteiger partial charge in [-0.15, -0.1) is 0 Å². The molecule has 2 nitrogen and oxygen atoms in total. The Morgan fingerprint density at radius 3 is 2.67 bits per heavy atom. The Morgan fingerprint density at radius 1 is 1.40 bits per heavy atom. The largest absolute Gasteiger partial charge is 0.508 e. The van der Waals surface area contributed by atoms with Gasteiger partial charge in [0.05, 0.1) is 0 Å². The second-order valence-electron chi connectivity index (χ2n) is 3.12. The maximum atomic E-state index is 10.6. The number of thioether (sulfide) groups is 1. The van der Waals surface area contributed by atoms with E-state index in [2.05, 4.69) is 0 Å². The fourth-order valence-electron chi connectivity index (χ4n) is 1.08. The lowest BCUT2D eigenvalue weighted by atomic mass is 10.2. The third-order valence-corrected chi connectivity index (χ3v) is 2.64. The Bertz CT molecular complexity index is 341. The summed E-state index contributed by atoms with van der Waals surface area (Å²) in [6.07, 6.45) is 4.90. The van der Waals surface area contributed by atoms with Crippen molar-refractivity contribution in [2.24, 2.45) is 0 Å². The van der Waals surface area contributed by atoms with E-state index in [1.165, 1.54) is 11.8 Å². The highest BCUT2D eigenvalue weighted by Crippen LogP contribution is 2.11. The topological polar surface area (TPSA) is 37.3 Å². The van der Waals surface area contributed by atoms with E-state index in [0.29, 0.717) is 0 Å². The van der Waals surface area contributed by atoms with Crippen molar-refractivity contribution in [1.82, 2.24) is 0 Å². The van der Waals surface area contributed by atoms with Crippen molar-refractivity contribution < 1.29 is 9.90 Å². The zero-order valence-electron chi connectivity index (χ0n) is 8.64. The fraction of sp³-hybridized carbons (Fsp3) is 0.250. The van der Waals surface area contributed by atoms with Crippen molar-refractivity contribution in [2.75, 3.05) is 5.75 Å². The molecule has 0 unspecified atom stereocenters. The lowest BCUT2D eigenvalue weighted by Crippen LogP contribution is -1.83. The van der Waals surface area contributed by atoms with Crippen molar-refractivity contribution in [3.8, 4) is 5.75 Å². The molecule has 0 aromatic heterocycles. The van der Waals surface area contributed by atoms with E-state index < -0.39 is 0 Å². The predicted octanol–water partition coefficient (Wildman–Crippen LogP) is 3.08. The Labute approximate surface area is 94.0 Å². The maximum absolute atomic E-state index is 10.6. The van der Waals surface area contributed by atoms with Gasteiger partial charge in [-0.2, -0.15) is 0 Å². The van der Waals surface area contributed by atoms with Crippen LogP contribution in [0.2, 0.25) is 0 Å². The zero-order valence-corrected chi connectivity index (χ0v) is 9.46. The van der Waals surface area contributed by atoms with E-state index in [9.17, 15) is 4.79 Å². The fourth-order valence-corrected chi connectivity index (χ4v) is 1.62. The van der Waals surface area contributed by atoms with Gasteiger partial charge in [0.2, 0.25) is 0 Å². The van der Waals surface area contributed by atoms with Gasteiger partial charge in [0.25, 0.3) is 0 Å². The number of carbonyl (C=O) groups is 1. The van der Waals surface area contributed by atoms with Crippen LogP contribution in [0.3, 0.4) is 0 Å². The van der Waals surface area contributed by atoms with Crippen LogP contribution in [0.1, 0.15) is 18.9 Å². The SMILES string of the molecule is CC(=O)SCCC=Cc1ccc(O)cc1. The van der Waals surface area contributed by atoms with Crippen LogP contribution in [0.4, 0.5) is 0 Å². The minimum absolute atomic E-state index is 0.160. The molecule has 0 atom stereocenters. The molecule has 15 heavy (non-hydrogen) atoms. The molecule has 1 aromatic carbocycles. The molecule has 0 aliphatic rings. The first-order valence-corrected chi connectivity index (χ1v) is 5.76. The Kier molecular flexibility index (Phi) is 4.98. The van der Waals surface area contributed by atoms with Gasteiger partial charge in [-0.25, -0.2) is 0 Å². The molecule has 0 heterocycles. The highest BCUT2D eigenvalue weighted by Gasteiger charge is 1.91. The van der Waals surface area contributed by atoms with Gasteiger partial charge in [-0.3, -0.25) is 4.79 Å². The van der Waals surface area contributed by atoms with E-state index in [-0.39, 0.29) is 10.9 Å². The highest BCUT2D eigenvalue weighted by molar-refractivity contribution is 8.13. The molecule has 0 bridgehead atoms. The van der Waals surface area contributed by atoms with Crippen molar-refractivity contribution in [3.63, 3.8) is 0 Å². The second kappa shape index (κ2) is 6.30. The predicted molar refractivity (Wildman–Crippen MR) is 64.9 cm³/mol. The van der Waals surface area contributed by atoms with Gasteiger partial charge in [0, 0.05) is 12.7 Å². The number of benzene rings is 1. The first-order valence-electron chi connectivity index (χ1n) is 4.77. The summed E-state index contributed by atoms with van der Waals surface area (Å²) < 4.78 is 0. The number of phenols is 1. The third-order valence-electron chi connectivity index (χ3n) is 1.79. The number of aromatic hydroxyl groups is 1. The quantitative estimate of drug-likeness (QED) is 0.795. The van der Waals surface area contributed by atoms with Crippen molar-refractivity contribution in [3.05, 3.63) is 35.9 Å². The number of carbonyl (C=O) groups excluding carboxylic acids is 1. The van der Waals surface area contributed by atoms with Gasteiger partial charge < -0.3 is 5.11 Å².